The van der Waals surface area contributed by atoms with Crippen molar-refractivity contribution in [3.8, 4) is 5.69 Å². The molecule has 146 valence electrons. The molecule has 6 nitrogen and oxygen atoms in total. The summed E-state index contributed by atoms with van der Waals surface area (Å²) in [5, 5.41) is 3.89. The van der Waals surface area contributed by atoms with Gasteiger partial charge in [0.2, 0.25) is 5.91 Å². The molecule has 0 unspecified atom stereocenters. The minimum atomic E-state index is -0.152. The number of benzene rings is 1. The van der Waals surface area contributed by atoms with Crippen molar-refractivity contribution in [2.24, 2.45) is 0 Å². The van der Waals surface area contributed by atoms with E-state index in [9.17, 15) is 9.59 Å². The monoisotopic (exact) mass is 398 g/mol. The first-order valence-electron chi connectivity index (χ1n) is 9.06. The summed E-state index contributed by atoms with van der Waals surface area (Å²) in [4.78, 5) is 29.4. The summed E-state index contributed by atoms with van der Waals surface area (Å²) >= 11 is 6.20. The summed E-state index contributed by atoms with van der Waals surface area (Å²) in [6.45, 7) is 10.1. The van der Waals surface area contributed by atoms with E-state index in [-0.39, 0.29) is 24.4 Å². The van der Waals surface area contributed by atoms with Gasteiger partial charge in [-0.1, -0.05) is 23.7 Å². The maximum absolute atomic E-state index is 13.1. The molecule has 0 aliphatic carbocycles. The van der Waals surface area contributed by atoms with Crippen LogP contribution < -0.4 is 10.9 Å². The van der Waals surface area contributed by atoms with Gasteiger partial charge in [0.05, 0.1) is 17.4 Å². The van der Waals surface area contributed by atoms with Gasteiger partial charge >= 0.3 is 0 Å². The molecule has 0 bridgehead atoms. The number of rotatable bonds is 6. The van der Waals surface area contributed by atoms with Crippen molar-refractivity contribution in [2.45, 2.75) is 33.7 Å². The number of aryl methyl sites for hydroxylation is 3. The minimum Gasteiger partial charge on any atom is -0.353 e. The highest BCUT2D eigenvalue weighted by molar-refractivity contribution is 6.30. The van der Waals surface area contributed by atoms with Gasteiger partial charge < -0.3 is 5.32 Å². The number of amides is 1. The Labute approximate surface area is 168 Å². The Morgan fingerprint density at radius 2 is 2.07 bits per heavy atom. The highest BCUT2D eigenvalue weighted by Gasteiger charge is 2.19. The van der Waals surface area contributed by atoms with Crippen molar-refractivity contribution < 1.29 is 4.79 Å². The van der Waals surface area contributed by atoms with Crippen LogP contribution in [0.4, 0.5) is 0 Å². The number of carbonyl (C=O) groups is 1. The van der Waals surface area contributed by atoms with Crippen LogP contribution in [0.3, 0.4) is 0 Å². The van der Waals surface area contributed by atoms with Crippen molar-refractivity contribution in [1.82, 2.24) is 19.4 Å². The lowest BCUT2D eigenvalue weighted by Crippen LogP contribution is -2.27. The zero-order valence-corrected chi connectivity index (χ0v) is 17.0. The van der Waals surface area contributed by atoms with Gasteiger partial charge in [0.25, 0.3) is 5.56 Å². The fourth-order valence-electron chi connectivity index (χ4n) is 3.26. The molecule has 2 heterocycles. The number of nitrogens with one attached hydrogen (secondary N) is 1. The number of hydrogen-bond donors (Lipinski definition) is 1. The molecule has 3 aromatic rings. The summed E-state index contributed by atoms with van der Waals surface area (Å²) < 4.78 is 3.45. The summed E-state index contributed by atoms with van der Waals surface area (Å²) in [5.74, 6) is -0.132. The van der Waals surface area contributed by atoms with Crippen molar-refractivity contribution in [2.75, 3.05) is 6.54 Å². The molecule has 0 aliphatic rings. The van der Waals surface area contributed by atoms with E-state index in [2.05, 4.69) is 16.9 Å². The highest BCUT2D eigenvalue weighted by Crippen LogP contribution is 2.28. The topological polar surface area (TPSA) is 68.9 Å². The van der Waals surface area contributed by atoms with E-state index in [1.165, 1.54) is 10.9 Å². The normalized spacial score (nSPS) is 11.0. The molecular formula is C21H23ClN4O2. The van der Waals surface area contributed by atoms with Crippen molar-refractivity contribution in [3.63, 3.8) is 0 Å². The average molecular weight is 399 g/mol. The van der Waals surface area contributed by atoms with Crippen LogP contribution in [0.25, 0.3) is 16.7 Å². The Kier molecular flexibility index (Phi) is 5.70. The third-order valence-electron chi connectivity index (χ3n) is 4.92. The van der Waals surface area contributed by atoms with Crippen molar-refractivity contribution >= 4 is 28.5 Å². The van der Waals surface area contributed by atoms with Gasteiger partial charge in [0.1, 0.15) is 0 Å². The van der Waals surface area contributed by atoms with Crippen LogP contribution in [0.1, 0.15) is 23.2 Å². The molecule has 1 amide bonds. The van der Waals surface area contributed by atoms with Crippen LogP contribution in [0.5, 0.6) is 0 Å². The van der Waals surface area contributed by atoms with Gasteiger partial charge in [0, 0.05) is 30.2 Å². The molecule has 1 N–H and O–H groups in total. The molecule has 0 saturated heterocycles. The van der Waals surface area contributed by atoms with Crippen molar-refractivity contribution in [3.05, 3.63) is 69.4 Å². The van der Waals surface area contributed by atoms with Crippen LogP contribution in [0, 0.1) is 20.8 Å². The molecule has 0 spiro atoms. The van der Waals surface area contributed by atoms with E-state index in [1.54, 1.807) is 6.08 Å². The van der Waals surface area contributed by atoms with Gasteiger partial charge in [-0.05, 0) is 44.0 Å². The van der Waals surface area contributed by atoms with E-state index < -0.39 is 0 Å². The Morgan fingerprint density at radius 3 is 2.79 bits per heavy atom. The molecule has 0 fully saturated rings. The largest absolute Gasteiger partial charge is 0.353 e. The van der Waals surface area contributed by atoms with Gasteiger partial charge in [0.15, 0.2) is 5.65 Å². The lowest BCUT2D eigenvalue weighted by Gasteiger charge is -2.12. The number of hydrogen-bond acceptors (Lipinski definition) is 3. The second kappa shape index (κ2) is 8.02. The predicted octanol–water partition coefficient (Wildman–Crippen LogP) is 3.46. The lowest BCUT2D eigenvalue weighted by molar-refractivity contribution is -0.121. The quantitative estimate of drug-likeness (QED) is 0.646. The predicted molar refractivity (Wildman–Crippen MR) is 112 cm³/mol. The first-order chi connectivity index (χ1) is 13.3. The number of halogens is 1. The van der Waals surface area contributed by atoms with Crippen LogP contribution in [-0.4, -0.2) is 26.6 Å². The summed E-state index contributed by atoms with van der Waals surface area (Å²) in [6, 6.07) is 5.66. The second-order valence-corrected chi connectivity index (χ2v) is 7.20. The maximum atomic E-state index is 13.1. The number of carbonyl (C=O) groups excluding carboxylic acids is 1. The van der Waals surface area contributed by atoms with Gasteiger partial charge in [-0.25, -0.2) is 4.98 Å². The first-order valence-corrected chi connectivity index (χ1v) is 9.44. The molecule has 28 heavy (non-hydrogen) atoms. The third kappa shape index (κ3) is 3.60. The van der Waals surface area contributed by atoms with Crippen LogP contribution in [0.15, 0.2) is 42.0 Å². The van der Waals surface area contributed by atoms with E-state index in [4.69, 9.17) is 11.6 Å². The molecular weight excluding hydrogens is 376 g/mol. The van der Waals surface area contributed by atoms with E-state index in [1.807, 2.05) is 43.5 Å². The van der Waals surface area contributed by atoms with Crippen LogP contribution >= 0.6 is 11.6 Å². The van der Waals surface area contributed by atoms with Gasteiger partial charge in [-0.15, -0.1) is 6.58 Å². The zero-order chi connectivity index (χ0) is 20.4. The summed E-state index contributed by atoms with van der Waals surface area (Å²) in [5.41, 5.74) is 4.19. The molecule has 2 aromatic heterocycles. The Bertz CT molecular complexity index is 1130. The van der Waals surface area contributed by atoms with Gasteiger partial charge in [-0.3, -0.25) is 18.7 Å². The lowest BCUT2D eigenvalue weighted by atomic mass is 10.2. The van der Waals surface area contributed by atoms with Crippen molar-refractivity contribution in [1.29, 1.82) is 0 Å². The molecule has 0 radical (unpaired) electrons. The summed E-state index contributed by atoms with van der Waals surface area (Å²) in [7, 11) is 0. The number of aromatic nitrogens is 3. The highest BCUT2D eigenvalue weighted by atomic mass is 35.5. The Hall–Kier alpha value is -2.86. The fraction of sp³-hybridized carbons (Fsp3) is 0.286. The van der Waals surface area contributed by atoms with E-state index in [0.29, 0.717) is 22.6 Å². The molecule has 1 aromatic carbocycles. The molecule has 3 rings (SSSR count). The summed E-state index contributed by atoms with van der Waals surface area (Å²) in [6.07, 6.45) is 3.32. The minimum absolute atomic E-state index is 0.132. The second-order valence-electron chi connectivity index (χ2n) is 6.76. The maximum Gasteiger partial charge on any atom is 0.263 e. The molecule has 7 heteroatoms. The van der Waals surface area contributed by atoms with Gasteiger partial charge in [-0.2, -0.15) is 0 Å². The molecule has 0 saturated carbocycles. The van der Waals surface area contributed by atoms with E-state index >= 15 is 0 Å². The van der Waals surface area contributed by atoms with Crippen LogP contribution in [0.2, 0.25) is 5.02 Å². The molecule has 0 aliphatic heterocycles. The number of fused-ring (bicyclic) bond motifs is 1. The smallest absolute Gasteiger partial charge is 0.263 e. The Balaban J connectivity index is 2.06. The third-order valence-corrected chi connectivity index (χ3v) is 5.15. The van der Waals surface area contributed by atoms with Crippen LogP contribution in [-0.2, 0) is 11.3 Å². The SMILES string of the molecule is C=CCNC(=O)CCn1cnc2c(c(C)c(C)n2-c2cc(Cl)ccc2C)c1=O. The average Bonchev–Trinajstić information content (AvgIpc) is 2.92. The Morgan fingerprint density at radius 1 is 1.32 bits per heavy atom. The standard InChI is InChI=1S/C21H23ClN4O2/c1-5-9-23-18(27)8-10-25-12-24-20-19(21(25)28)14(3)15(4)26(20)17-11-16(22)7-6-13(17)2/h5-7,11-12H,1,8-10H2,2-4H3,(H,23,27). The fourth-order valence-corrected chi connectivity index (χ4v) is 3.43. The zero-order valence-electron chi connectivity index (χ0n) is 16.3. The van der Waals surface area contributed by atoms with E-state index in [0.717, 1.165) is 22.5 Å². The first kappa shape index (κ1) is 19.9. The number of nitrogens with zero attached hydrogens (tertiary/aromatic N) is 3. The molecule has 0 atom stereocenters.